The van der Waals surface area contributed by atoms with Gasteiger partial charge in [0.1, 0.15) is 5.78 Å². The zero-order chi connectivity index (χ0) is 20.7. The Bertz CT molecular complexity index is 643. The van der Waals surface area contributed by atoms with Gasteiger partial charge in [0.25, 0.3) is 0 Å². The highest BCUT2D eigenvalue weighted by Crippen LogP contribution is 2.64. The molecule has 0 spiro atoms. The van der Waals surface area contributed by atoms with Crippen LogP contribution in [0.1, 0.15) is 79.1 Å². The third-order valence-electron chi connectivity index (χ3n) is 8.82. The number of hydrogen-bond donors (Lipinski definition) is 0. The van der Waals surface area contributed by atoms with Crippen LogP contribution in [-0.4, -0.2) is 35.6 Å². The van der Waals surface area contributed by atoms with Crippen molar-refractivity contribution in [2.45, 2.75) is 79.1 Å². The van der Waals surface area contributed by atoms with E-state index in [2.05, 4.69) is 6.92 Å². The molecule has 158 valence electrons. The number of carboxylic acid groups (broad SMARTS) is 1. The number of carbonyl (C=O) groups excluding carboxylic acids is 3. The van der Waals surface area contributed by atoms with E-state index in [0.29, 0.717) is 30.6 Å². The SMILES string of the molecule is CCN(CC)C(=O)[C@H]1CC[C@H]2[C@@H]3CCC(=O)[C@@](C)(CCC(=O)[O-])[C@@H]3CC[C@]12C. The Labute approximate surface area is 169 Å². The number of hydrogen-bond acceptors (Lipinski definition) is 4. The summed E-state index contributed by atoms with van der Waals surface area (Å²) in [6.45, 7) is 9.90. The summed E-state index contributed by atoms with van der Waals surface area (Å²) in [6, 6.07) is 0. The Kier molecular flexibility index (Phi) is 5.94. The first-order valence-electron chi connectivity index (χ1n) is 11.2. The molecule has 5 heteroatoms. The van der Waals surface area contributed by atoms with Gasteiger partial charge < -0.3 is 14.8 Å². The molecule has 0 saturated heterocycles. The van der Waals surface area contributed by atoms with Gasteiger partial charge in [-0.3, -0.25) is 9.59 Å². The Balaban J connectivity index is 1.84. The average Bonchev–Trinajstić information content (AvgIpc) is 3.01. The molecule has 0 aromatic rings. The lowest BCUT2D eigenvalue weighted by molar-refractivity contribution is -0.306. The van der Waals surface area contributed by atoms with Crippen LogP contribution in [0.25, 0.3) is 0 Å². The van der Waals surface area contributed by atoms with Crippen LogP contribution in [-0.2, 0) is 14.4 Å². The summed E-state index contributed by atoms with van der Waals surface area (Å²) in [5.41, 5.74) is -0.540. The second-order valence-corrected chi connectivity index (χ2v) is 9.81. The van der Waals surface area contributed by atoms with Crippen molar-refractivity contribution in [3.63, 3.8) is 0 Å². The molecule has 0 N–H and O–H groups in total. The predicted molar refractivity (Wildman–Crippen MR) is 105 cm³/mol. The van der Waals surface area contributed by atoms with Gasteiger partial charge in [-0.2, -0.15) is 0 Å². The molecular formula is C23H36NO4-. The lowest BCUT2D eigenvalue weighted by Gasteiger charge is -2.55. The van der Waals surface area contributed by atoms with Crippen LogP contribution < -0.4 is 5.11 Å². The van der Waals surface area contributed by atoms with Gasteiger partial charge in [0, 0.05) is 36.8 Å². The fourth-order valence-electron chi connectivity index (χ4n) is 7.12. The number of rotatable bonds is 6. The zero-order valence-electron chi connectivity index (χ0n) is 18.0. The van der Waals surface area contributed by atoms with E-state index in [4.69, 9.17) is 0 Å². The standard InChI is InChI=1S/C23H37NO4/c1-5-24(6-2)21(28)18-9-8-16-15-7-10-19(25)23(4,14-12-20(26)27)17(15)11-13-22(16,18)3/h15-18H,5-14H2,1-4H3,(H,26,27)/p-1/t15-,16-,17+,18+,22-,23-/m0/s1. The Hall–Kier alpha value is -1.39. The number of amides is 1. The Morgan fingerprint density at radius 3 is 2.36 bits per heavy atom. The minimum Gasteiger partial charge on any atom is -0.550 e. The molecule has 0 unspecified atom stereocenters. The van der Waals surface area contributed by atoms with E-state index in [0.717, 1.165) is 45.2 Å². The molecule has 0 radical (unpaired) electrons. The molecule has 3 fully saturated rings. The molecule has 5 nitrogen and oxygen atoms in total. The molecule has 3 rings (SSSR count). The summed E-state index contributed by atoms with van der Waals surface area (Å²) < 4.78 is 0. The van der Waals surface area contributed by atoms with Crippen LogP contribution in [0.5, 0.6) is 0 Å². The van der Waals surface area contributed by atoms with E-state index in [1.165, 1.54) is 0 Å². The van der Waals surface area contributed by atoms with Gasteiger partial charge in [0.15, 0.2) is 0 Å². The van der Waals surface area contributed by atoms with Crippen LogP contribution >= 0.6 is 0 Å². The third kappa shape index (κ3) is 3.29. The van der Waals surface area contributed by atoms with Crippen LogP contribution in [0.4, 0.5) is 0 Å². The third-order valence-corrected chi connectivity index (χ3v) is 8.82. The first-order chi connectivity index (χ1) is 13.2. The number of Topliss-reactive ketones (excluding diaryl/α,β-unsaturated/α-hetero) is 1. The highest BCUT2D eigenvalue weighted by Gasteiger charge is 2.60. The topological polar surface area (TPSA) is 77.5 Å². The number of carboxylic acids is 1. The minimum absolute atomic E-state index is 0.0104. The first-order valence-corrected chi connectivity index (χ1v) is 11.2. The average molecular weight is 391 g/mol. The number of ketones is 1. The van der Waals surface area contributed by atoms with Crippen molar-refractivity contribution in [3.05, 3.63) is 0 Å². The maximum atomic E-state index is 13.2. The fraction of sp³-hybridized carbons (Fsp3) is 0.870. The molecule has 0 heterocycles. The number of nitrogens with zero attached hydrogens (tertiary/aromatic N) is 1. The zero-order valence-corrected chi connectivity index (χ0v) is 18.0. The second-order valence-electron chi connectivity index (χ2n) is 9.81. The van der Waals surface area contributed by atoms with Crippen molar-refractivity contribution in [1.82, 2.24) is 4.90 Å². The Morgan fingerprint density at radius 2 is 1.75 bits per heavy atom. The molecule has 6 atom stereocenters. The predicted octanol–water partition coefficient (Wildman–Crippen LogP) is 2.81. The van der Waals surface area contributed by atoms with E-state index in [9.17, 15) is 19.5 Å². The molecule has 1 amide bonds. The van der Waals surface area contributed by atoms with Gasteiger partial charge in [-0.1, -0.05) is 13.8 Å². The smallest absolute Gasteiger partial charge is 0.226 e. The molecule has 3 aliphatic carbocycles. The maximum absolute atomic E-state index is 13.2. The van der Waals surface area contributed by atoms with Crippen molar-refractivity contribution in [3.8, 4) is 0 Å². The molecule has 3 saturated carbocycles. The monoisotopic (exact) mass is 390 g/mol. The van der Waals surface area contributed by atoms with Crippen LogP contribution in [0.15, 0.2) is 0 Å². The van der Waals surface area contributed by atoms with Gasteiger partial charge in [-0.25, -0.2) is 0 Å². The summed E-state index contributed by atoms with van der Waals surface area (Å²) >= 11 is 0. The summed E-state index contributed by atoms with van der Waals surface area (Å²) in [5, 5.41) is 11.1. The van der Waals surface area contributed by atoms with Crippen molar-refractivity contribution >= 4 is 17.7 Å². The van der Waals surface area contributed by atoms with E-state index < -0.39 is 11.4 Å². The second kappa shape index (κ2) is 7.79. The van der Waals surface area contributed by atoms with Gasteiger partial charge in [0.2, 0.25) is 5.91 Å². The summed E-state index contributed by atoms with van der Waals surface area (Å²) in [5.74, 6) is 0.692. The summed E-state index contributed by atoms with van der Waals surface area (Å²) in [7, 11) is 0. The minimum atomic E-state index is -1.07. The molecule has 0 bridgehead atoms. The largest absolute Gasteiger partial charge is 0.550 e. The molecule has 3 aliphatic rings. The van der Waals surface area contributed by atoms with Crippen LogP contribution in [0, 0.1) is 34.5 Å². The van der Waals surface area contributed by atoms with Crippen molar-refractivity contribution in [1.29, 1.82) is 0 Å². The van der Waals surface area contributed by atoms with Gasteiger partial charge in [-0.15, -0.1) is 0 Å². The molecular weight excluding hydrogens is 354 g/mol. The molecule has 0 aromatic carbocycles. The number of fused-ring (bicyclic) bond motifs is 3. The van der Waals surface area contributed by atoms with E-state index in [1.54, 1.807) is 0 Å². The van der Waals surface area contributed by atoms with Gasteiger partial charge >= 0.3 is 0 Å². The normalized spacial score (nSPS) is 39.9. The number of carbonyl (C=O) groups is 3. The van der Waals surface area contributed by atoms with E-state index >= 15 is 0 Å². The van der Waals surface area contributed by atoms with Crippen LogP contribution in [0.3, 0.4) is 0 Å². The lowest BCUT2D eigenvalue weighted by atomic mass is 9.48. The van der Waals surface area contributed by atoms with Crippen LogP contribution in [0.2, 0.25) is 0 Å². The lowest BCUT2D eigenvalue weighted by Crippen LogP contribution is -2.53. The highest BCUT2D eigenvalue weighted by molar-refractivity contribution is 5.86. The summed E-state index contributed by atoms with van der Waals surface area (Å²) in [6.07, 6.45) is 5.68. The number of aliphatic carboxylic acids is 1. The first kappa shape index (κ1) is 21.3. The van der Waals surface area contributed by atoms with Crippen molar-refractivity contribution in [2.24, 2.45) is 34.5 Å². The van der Waals surface area contributed by atoms with E-state index in [1.807, 2.05) is 25.7 Å². The highest BCUT2D eigenvalue weighted by atomic mass is 16.4. The fourth-order valence-corrected chi connectivity index (χ4v) is 7.12. The summed E-state index contributed by atoms with van der Waals surface area (Å²) in [4.78, 5) is 39.0. The maximum Gasteiger partial charge on any atom is 0.226 e. The van der Waals surface area contributed by atoms with Gasteiger partial charge in [0.05, 0.1) is 0 Å². The molecule has 28 heavy (non-hydrogen) atoms. The Morgan fingerprint density at radius 1 is 1.07 bits per heavy atom. The van der Waals surface area contributed by atoms with Gasteiger partial charge in [-0.05, 0) is 82.0 Å². The van der Waals surface area contributed by atoms with Crippen molar-refractivity contribution in [2.75, 3.05) is 13.1 Å². The molecule has 0 aliphatic heterocycles. The van der Waals surface area contributed by atoms with Crippen molar-refractivity contribution < 1.29 is 19.5 Å². The molecule has 0 aromatic heterocycles. The quantitative estimate of drug-likeness (QED) is 0.699. The van der Waals surface area contributed by atoms with E-state index in [-0.39, 0.29) is 29.5 Å².